The summed E-state index contributed by atoms with van der Waals surface area (Å²) in [6.07, 6.45) is 2.93. The lowest BCUT2D eigenvalue weighted by Crippen LogP contribution is -2.15. The molecular weight excluding hydrogens is 461 g/mol. The summed E-state index contributed by atoms with van der Waals surface area (Å²) in [6.45, 7) is 1.76. The minimum atomic E-state index is -1.25. The lowest BCUT2D eigenvalue weighted by Gasteiger charge is -2.08. The van der Waals surface area contributed by atoms with Crippen LogP contribution < -0.4 is 0 Å². The number of hydrogen-bond donors (Lipinski definition) is 1. The van der Waals surface area contributed by atoms with Crippen molar-refractivity contribution in [2.45, 2.75) is 6.92 Å². The third-order valence-corrected chi connectivity index (χ3v) is 5.77. The molecule has 0 unspecified atom stereocenters. The van der Waals surface area contributed by atoms with Crippen molar-refractivity contribution in [3.05, 3.63) is 94.6 Å². The van der Waals surface area contributed by atoms with Gasteiger partial charge >= 0.3 is 5.97 Å². The van der Waals surface area contributed by atoms with Gasteiger partial charge in [0.25, 0.3) is 5.91 Å². The minimum Gasteiger partial charge on any atom is -0.478 e. The van der Waals surface area contributed by atoms with Gasteiger partial charge in [-0.15, -0.1) is 0 Å². The number of nitrogens with zero attached hydrogens (tertiary/aromatic N) is 3. The quantitative estimate of drug-likeness (QED) is 0.350. The fraction of sp³-hybridized carbons (Fsp3) is 0.0400. The van der Waals surface area contributed by atoms with Gasteiger partial charge in [0, 0.05) is 16.5 Å². The van der Waals surface area contributed by atoms with Crippen molar-refractivity contribution in [3.63, 3.8) is 0 Å². The number of oxazole rings is 1. The Morgan fingerprint density at radius 1 is 1.12 bits per heavy atom. The van der Waals surface area contributed by atoms with Crippen molar-refractivity contribution in [2.24, 2.45) is 0 Å². The number of aromatic carboxylic acids is 1. The molecule has 0 bridgehead atoms. The van der Waals surface area contributed by atoms with Gasteiger partial charge < -0.3 is 9.52 Å². The first-order valence-electron chi connectivity index (χ1n) is 10.1. The highest BCUT2D eigenvalue weighted by molar-refractivity contribution is 6.34. The Hall–Kier alpha value is -4.30. The maximum Gasteiger partial charge on any atom is 0.335 e. The Balaban J connectivity index is 1.77. The van der Waals surface area contributed by atoms with Gasteiger partial charge in [-0.1, -0.05) is 23.7 Å². The second kappa shape index (κ2) is 8.24. The van der Waals surface area contributed by atoms with E-state index in [0.717, 1.165) is 10.7 Å². The maximum atomic E-state index is 14.9. The Labute approximate surface area is 197 Å². The fourth-order valence-electron chi connectivity index (χ4n) is 3.82. The van der Waals surface area contributed by atoms with Crippen molar-refractivity contribution in [3.8, 4) is 22.7 Å². The number of aromatic nitrogens is 3. The van der Waals surface area contributed by atoms with Gasteiger partial charge in [0.1, 0.15) is 17.8 Å². The summed E-state index contributed by atoms with van der Waals surface area (Å²) in [5.41, 5.74) is 1.95. The molecule has 0 saturated carbocycles. The third-order valence-electron chi connectivity index (χ3n) is 5.46. The van der Waals surface area contributed by atoms with Gasteiger partial charge in [-0.2, -0.15) is 9.78 Å². The molecule has 2 heterocycles. The van der Waals surface area contributed by atoms with E-state index in [-0.39, 0.29) is 27.4 Å². The van der Waals surface area contributed by atoms with Crippen molar-refractivity contribution >= 4 is 34.4 Å². The molecule has 7 nitrogen and oxygen atoms in total. The number of aryl methyl sites for hydroxylation is 1. The molecule has 0 amide bonds. The van der Waals surface area contributed by atoms with Crippen LogP contribution in [0.25, 0.3) is 33.6 Å². The van der Waals surface area contributed by atoms with E-state index in [0.29, 0.717) is 27.9 Å². The first-order chi connectivity index (χ1) is 16.3. The molecule has 0 radical (unpaired) electrons. The number of carboxylic acids is 1. The SMILES string of the molecule is Cc1cccc(Cl)c1C(=O)n1nc(-c2ccc(C(=O)O)cc2F)c2ccc(-c3ncco3)cc21. The van der Waals surface area contributed by atoms with Crippen LogP contribution in [0.3, 0.4) is 0 Å². The molecule has 5 rings (SSSR count). The number of carbonyl (C=O) groups is 2. The highest BCUT2D eigenvalue weighted by Gasteiger charge is 2.24. The standard InChI is InChI=1S/C25H15ClFN3O4/c1-13-3-2-4-18(26)21(13)24(31)30-20-12-14(23-28-9-10-34-23)5-8-17(20)22(29-30)16-7-6-15(25(32)33)11-19(16)27/h2-12H,1H3,(H,32,33). The first-order valence-corrected chi connectivity index (χ1v) is 10.5. The maximum absolute atomic E-state index is 14.9. The molecule has 0 aliphatic carbocycles. The first kappa shape index (κ1) is 21.5. The van der Waals surface area contributed by atoms with E-state index in [9.17, 15) is 14.0 Å². The summed E-state index contributed by atoms with van der Waals surface area (Å²) in [7, 11) is 0. The van der Waals surface area contributed by atoms with Gasteiger partial charge in [-0.25, -0.2) is 14.2 Å². The van der Waals surface area contributed by atoms with E-state index in [1.54, 1.807) is 43.3 Å². The zero-order valence-electron chi connectivity index (χ0n) is 17.6. The molecule has 0 aliphatic rings. The van der Waals surface area contributed by atoms with Crippen LogP contribution in [0.15, 0.2) is 71.5 Å². The van der Waals surface area contributed by atoms with Crippen LogP contribution >= 0.6 is 11.6 Å². The number of benzene rings is 3. The van der Waals surface area contributed by atoms with Crippen LogP contribution in [-0.4, -0.2) is 31.7 Å². The molecule has 0 saturated heterocycles. The Bertz CT molecular complexity index is 1570. The fourth-order valence-corrected chi connectivity index (χ4v) is 4.12. The summed E-state index contributed by atoms with van der Waals surface area (Å²) in [4.78, 5) is 28.9. The number of fused-ring (bicyclic) bond motifs is 1. The largest absolute Gasteiger partial charge is 0.478 e. The van der Waals surface area contributed by atoms with Crippen molar-refractivity contribution in [1.29, 1.82) is 0 Å². The molecule has 0 fully saturated rings. The highest BCUT2D eigenvalue weighted by atomic mass is 35.5. The van der Waals surface area contributed by atoms with E-state index in [4.69, 9.17) is 21.1 Å². The van der Waals surface area contributed by atoms with E-state index < -0.39 is 17.7 Å². The number of hydrogen-bond acceptors (Lipinski definition) is 5. The molecule has 34 heavy (non-hydrogen) atoms. The van der Waals surface area contributed by atoms with E-state index in [1.807, 2.05) is 0 Å². The summed E-state index contributed by atoms with van der Waals surface area (Å²) in [5.74, 6) is -2.17. The van der Waals surface area contributed by atoms with Crippen LogP contribution in [0.2, 0.25) is 5.02 Å². The summed E-state index contributed by atoms with van der Waals surface area (Å²) in [6, 6.07) is 13.7. The predicted molar refractivity (Wildman–Crippen MR) is 124 cm³/mol. The lowest BCUT2D eigenvalue weighted by atomic mass is 10.0. The molecular formula is C25H15ClFN3O4. The summed E-state index contributed by atoms with van der Waals surface area (Å²) in [5, 5.41) is 14.3. The van der Waals surface area contributed by atoms with Crippen molar-refractivity contribution < 1.29 is 23.5 Å². The molecule has 0 aliphatic heterocycles. The number of rotatable bonds is 4. The lowest BCUT2D eigenvalue weighted by molar-refractivity contribution is 0.0696. The molecule has 1 N–H and O–H groups in total. The van der Waals surface area contributed by atoms with Crippen LogP contribution in [0.1, 0.15) is 26.3 Å². The van der Waals surface area contributed by atoms with E-state index >= 15 is 0 Å². The highest BCUT2D eigenvalue weighted by Crippen LogP contribution is 2.34. The van der Waals surface area contributed by atoms with Crippen molar-refractivity contribution in [2.75, 3.05) is 0 Å². The summed E-state index contributed by atoms with van der Waals surface area (Å²) >= 11 is 6.33. The predicted octanol–water partition coefficient (Wildman–Crippen LogP) is 5.85. The van der Waals surface area contributed by atoms with Crippen LogP contribution in [0.5, 0.6) is 0 Å². The molecule has 5 aromatic rings. The Morgan fingerprint density at radius 2 is 1.94 bits per heavy atom. The average Bonchev–Trinajstić information content (AvgIpc) is 3.47. The molecule has 0 atom stereocenters. The second-order valence-electron chi connectivity index (χ2n) is 7.57. The van der Waals surface area contributed by atoms with Crippen LogP contribution in [-0.2, 0) is 0 Å². The van der Waals surface area contributed by atoms with Gasteiger partial charge in [0.15, 0.2) is 0 Å². The Kier molecular flexibility index (Phi) is 5.22. The number of carbonyl (C=O) groups excluding carboxylic acids is 1. The number of halogens is 2. The summed E-state index contributed by atoms with van der Waals surface area (Å²) < 4.78 is 21.5. The molecule has 0 spiro atoms. The average molecular weight is 476 g/mol. The van der Waals surface area contributed by atoms with E-state index in [1.165, 1.54) is 24.6 Å². The van der Waals surface area contributed by atoms with Gasteiger partial charge in [-0.05, 0) is 55.0 Å². The van der Waals surface area contributed by atoms with Gasteiger partial charge in [0.05, 0.1) is 27.9 Å². The number of carboxylic acid groups (broad SMARTS) is 1. The molecule has 2 aromatic heterocycles. The minimum absolute atomic E-state index is 0.0568. The zero-order valence-corrected chi connectivity index (χ0v) is 18.4. The molecule has 9 heteroatoms. The normalized spacial score (nSPS) is 11.1. The van der Waals surface area contributed by atoms with E-state index in [2.05, 4.69) is 10.1 Å². The smallest absolute Gasteiger partial charge is 0.335 e. The third kappa shape index (κ3) is 3.54. The molecule has 168 valence electrons. The zero-order chi connectivity index (χ0) is 24.0. The topological polar surface area (TPSA) is 98.2 Å². The Morgan fingerprint density at radius 3 is 2.62 bits per heavy atom. The van der Waals surface area contributed by atoms with Gasteiger partial charge in [0.2, 0.25) is 5.89 Å². The second-order valence-corrected chi connectivity index (χ2v) is 7.97. The van der Waals surface area contributed by atoms with Crippen LogP contribution in [0, 0.1) is 12.7 Å². The monoisotopic (exact) mass is 475 g/mol. The van der Waals surface area contributed by atoms with Crippen molar-refractivity contribution in [1.82, 2.24) is 14.8 Å². The van der Waals surface area contributed by atoms with Crippen LogP contribution in [0.4, 0.5) is 4.39 Å². The van der Waals surface area contributed by atoms with Gasteiger partial charge in [-0.3, -0.25) is 4.79 Å². The molecule has 3 aromatic carbocycles.